The molecule has 0 aliphatic rings. The molecule has 0 unspecified atom stereocenters. The molecular formula is C18H22F3N5O2. The SMILES string of the molecule is Cc1cc(NC(=O)CNC(=O)[C@@H](N)C(C)C)n(-c2ccccc2C(F)(F)F)n1. The Bertz CT molecular complexity index is 861. The zero-order valence-corrected chi connectivity index (χ0v) is 15.7. The third-order valence-electron chi connectivity index (χ3n) is 3.98. The predicted octanol–water partition coefficient (Wildman–Crippen LogP) is 2.24. The van der Waals surface area contributed by atoms with Crippen molar-refractivity contribution in [3.8, 4) is 5.69 Å². The summed E-state index contributed by atoms with van der Waals surface area (Å²) in [5, 5.41) is 8.92. The number of benzene rings is 1. The van der Waals surface area contributed by atoms with Crippen LogP contribution in [0.25, 0.3) is 5.69 Å². The molecule has 1 aromatic carbocycles. The van der Waals surface area contributed by atoms with Crippen LogP contribution in [0.5, 0.6) is 0 Å². The Hall–Kier alpha value is -2.88. The van der Waals surface area contributed by atoms with Crippen molar-refractivity contribution in [2.24, 2.45) is 11.7 Å². The molecule has 1 atom stereocenters. The van der Waals surface area contributed by atoms with Gasteiger partial charge in [-0.15, -0.1) is 0 Å². The Morgan fingerprint density at radius 3 is 2.50 bits per heavy atom. The van der Waals surface area contributed by atoms with E-state index in [2.05, 4.69) is 15.7 Å². The van der Waals surface area contributed by atoms with Gasteiger partial charge in [0.1, 0.15) is 5.82 Å². The standard InChI is InChI=1S/C18H22F3N5O2/c1-10(2)16(22)17(28)23-9-15(27)24-14-8-11(3)25-26(14)13-7-5-4-6-12(13)18(19,20)21/h4-8,10,16H,9,22H2,1-3H3,(H,23,28)(H,24,27)/t16-/m0/s1. The molecule has 0 radical (unpaired) electrons. The zero-order chi connectivity index (χ0) is 21.1. The van der Waals surface area contributed by atoms with Gasteiger partial charge in [0.05, 0.1) is 29.5 Å². The maximum Gasteiger partial charge on any atom is 0.418 e. The molecule has 2 aromatic rings. The largest absolute Gasteiger partial charge is 0.418 e. The van der Waals surface area contributed by atoms with E-state index in [-0.39, 0.29) is 24.0 Å². The number of aryl methyl sites for hydroxylation is 1. The molecular weight excluding hydrogens is 375 g/mol. The first kappa shape index (κ1) is 21.4. The fourth-order valence-corrected chi connectivity index (χ4v) is 2.45. The first-order valence-electron chi connectivity index (χ1n) is 8.57. The lowest BCUT2D eigenvalue weighted by Crippen LogP contribution is -2.46. The highest BCUT2D eigenvalue weighted by Gasteiger charge is 2.34. The third-order valence-corrected chi connectivity index (χ3v) is 3.98. The second-order valence-electron chi connectivity index (χ2n) is 6.63. The van der Waals surface area contributed by atoms with Crippen molar-refractivity contribution in [2.75, 3.05) is 11.9 Å². The van der Waals surface area contributed by atoms with Crippen molar-refractivity contribution in [1.82, 2.24) is 15.1 Å². The summed E-state index contributed by atoms with van der Waals surface area (Å²) >= 11 is 0. The Labute approximate surface area is 160 Å². The fraction of sp³-hybridized carbons (Fsp3) is 0.389. The highest BCUT2D eigenvalue weighted by molar-refractivity contribution is 5.95. The highest BCUT2D eigenvalue weighted by Crippen LogP contribution is 2.34. The summed E-state index contributed by atoms with van der Waals surface area (Å²) in [7, 11) is 0. The van der Waals surface area contributed by atoms with Crippen LogP contribution in [0.2, 0.25) is 0 Å². The average Bonchev–Trinajstić information content (AvgIpc) is 2.98. The molecule has 10 heteroatoms. The third kappa shape index (κ3) is 5.10. The van der Waals surface area contributed by atoms with E-state index in [1.165, 1.54) is 24.3 Å². The molecule has 0 aliphatic heterocycles. The molecule has 2 rings (SSSR count). The number of halogens is 3. The number of carbonyl (C=O) groups excluding carboxylic acids is 2. The maximum atomic E-state index is 13.3. The molecule has 0 saturated heterocycles. The minimum Gasteiger partial charge on any atom is -0.346 e. The quantitative estimate of drug-likeness (QED) is 0.696. The van der Waals surface area contributed by atoms with Gasteiger partial charge in [-0.05, 0) is 25.0 Å². The molecule has 28 heavy (non-hydrogen) atoms. The summed E-state index contributed by atoms with van der Waals surface area (Å²) < 4.78 is 40.9. The summed E-state index contributed by atoms with van der Waals surface area (Å²) in [5.74, 6) is -1.15. The van der Waals surface area contributed by atoms with Gasteiger partial charge in [-0.25, -0.2) is 4.68 Å². The van der Waals surface area contributed by atoms with Crippen molar-refractivity contribution in [3.05, 3.63) is 41.6 Å². The number of carbonyl (C=O) groups is 2. The Balaban J connectivity index is 2.20. The molecule has 0 aliphatic carbocycles. The number of nitrogens with zero attached hydrogens (tertiary/aromatic N) is 2. The Kier molecular flexibility index (Phi) is 6.45. The zero-order valence-electron chi connectivity index (χ0n) is 15.7. The van der Waals surface area contributed by atoms with E-state index in [1.54, 1.807) is 20.8 Å². The van der Waals surface area contributed by atoms with Gasteiger partial charge in [0.2, 0.25) is 11.8 Å². The van der Waals surface area contributed by atoms with E-state index in [0.29, 0.717) is 5.69 Å². The summed E-state index contributed by atoms with van der Waals surface area (Å²) in [6.45, 7) is 4.75. The van der Waals surface area contributed by atoms with Gasteiger partial charge < -0.3 is 16.4 Å². The first-order chi connectivity index (χ1) is 13.0. The minimum atomic E-state index is -4.58. The second-order valence-corrected chi connectivity index (χ2v) is 6.63. The molecule has 0 saturated carbocycles. The van der Waals surface area contributed by atoms with Crippen LogP contribution in [0.3, 0.4) is 0 Å². The van der Waals surface area contributed by atoms with Crippen molar-refractivity contribution in [3.63, 3.8) is 0 Å². The summed E-state index contributed by atoms with van der Waals surface area (Å²) in [4.78, 5) is 24.0. The second kappa shape index (κ2) is 8.42. The summed E-state index contributed by atoms with van der Waals surface area (Å²) in [6.07, 6.45) is -4.58. The number of nitrogens with two attached hydrogens (primary N) is 1. The van der Waals surface area contributed by atoms with Gasteiger partial charge in [0.15, 0.2) is 0 Å². The number of hydrogen-bond acceptors (Lipinski definition) is 4. The Morgan fingerprint density at radius 1 is 1.25 bits per heavy atom. The van der Waals surface area contributed by atoms with Gasteiger partial charge in [0, 0.05) is 6.07 Å². The van der Waals surface area contributed by atoms with Crippen LogP contribution in [0.4, 0.5) is 19.0 Å². The van der Waals surface area contributed by atoms with Crippen molar-refractivity contribution in [1.29, 1.82) is 0 Å². The molecule has 7 nitrogen and oxygen atoms in total. The molecule has 2 amide bonds. The van der Waals surface area contributed by atoms with E-state index in [9.17, 15) is 22.8 Å². The number of alkyl halides is 3. The van der Waals surface area contributed by atoms with E-state index in [0.717, 1.165) is 10.7 Å². The van der Waals surface area contributed by atoms with Gasteiger partial charge in [-0.2, -0.15) is 18.3 Å². The number of aromatic nitrogens is 2. The molecule has 152 valence electrons. The van der Waals surface area contributed by atoms with Crippen LogP contribution in [0.15, 0.2) is 30.3 Å². The average molecular weight is 397 g/mol. The van der Waals surface area contributed by atoms with E-state index in [1.807, 2.05) is 0 Å². The number of rotatable bonds is 6. The molecule has 0 bridgehead atoms. The molecule has 1 aromatic heterocycles. The number of anilines is 1. The van der Waals surface area contributed by atoms with Crippen LogP contribution in [0.1, 0.15) is 25.1 Å². The number of amides is 2. The van der Waals surface area contributed by atoms with E-state index < -0.39 is 29.6 Å². The van der Waals surface area contributed by atoms with Crippen molar-refractivity contribution in [2.45, 2.75) is 33.0 Å². The predicted molar refractivity (Wildman–Crippen MR) is 97.8 cm³/mol. The normalized spacial score (nSPS) is 12.7. The van der Waals surface area contributed by atoms with Gasteiger partial charge in [-0.3, -0.25) is 9.59 Å². The van der Waals surface area contributed by atoms with E-state index in [4.69, 9.17) is 5.73 Å². The van der Waals surface area contributed by atoms with Crippen molar-refractivity contribution >= 4 is 17.6 Å². The lowest BCUT2D eigenvalue weighted by atomic mass is 10.1. The molecule has 0 spiro atoms. The van der Waals surface area contributed by atoms with Crippen LogP contribution >= 0.6 is 0 Å². The van der Waals surface area contributed by atoms with Crippen LogP contribution < -0.4 is 16.4 Å². The summed E-state index contributed by atoms with van der Waals surface area (Å²) in [5.41, 5.74) is 5.01. The molecule has 1 heterocycles. The fourth-order valence-electron chi connectivity index (χ4n) is 2.45. The minimum absolute atomic E-state index is 0.0570. The van der Waals surface area contributed by atoms with E-state index >= 15 is 0 Å². The molecule has 4 N–H and O–H groups in total. The van der Waals surface area contributed by atoms with Crippen LogP contribution in [0, 0.1) is 12.8 Å². The van der Waals surface area contributed by atoms with Gasteiger partial charge in [0.25, 0.3) is 0 Å². The highest BCUT2D eigenvalue weighted by atomic mass is 19.4. The number of hydrogen-bond donors (Lipinski definition) is 3. The van der Waals surface area contributed by atoms with Gasteiger partial charge in [-0.1, -0.05) is 26.0 Å². The van der Waals surface area contributed by atoms with Crippen molar-refractivity contribution < 1.29 is 22.8 Å². The maximum absolute atomic E-state index is 13.3. The monoisotopic (exact) mass is 397 g/mol. The van der Waals surface area contributed by atoms with Gasteiger partial charge >= 0.3 is 6.18 Å². The van der Waals surface area contributed by atoms with Crippen LogP contribution in [-0.4, -0.2) is 34.2 Å². The summed E-state index contributed by atoms with van der Waals surface area (Å²) in [6, 6.07) is 5.58. The first-order valence-corrected chi connectivity index (χ1v) is 8.57. The Morgan fingerprint density at radius 2 is 1.89 bits per heavy atom. The number of para-hydroxylation sites is 1. The smallest absolute Gasteiger partial charge is 0.346 e. The lowest BCUT2D eigenvalue weighted by Gasteiger charge is -2.16. The van der Waals surface area contributed by atoms with Crippen LogP contribution in [-0.2, 0) is 15.8 Å². The topological polar surface area (TPSA) is 102 Å². The molecule has 0 fully saturated rings. The number of nitrogens with one attached hydrogen (secondary N) is 2. The lowest BCUT2D eigenvalue weighted by molar-refractivity contribution is -0.137.